The minimum atomic E-state index is -0.303. The van der Waals surface area contributed by atoms with Gasteiger partial charge in [0.15, 0.2) is 0 Å². The van der Waals surface area contributed by atoms with Crippen molar-refractivity contribution in [2.45, 2.75) is 19.8 Å². The standard InChI is InChI=1S/C15H23NO3/c1-4-5-9-18-10-11-19-15(17)13-7-6-8-14(12-13)16(2)3/h6-8,12H,4-5,9-11H2,1-3H3. The summed E-state index contributed by atoms with van der Waals surface area (Å²) in [5.41, 5.74) is 1.55. The van der Waals surface area contributed by atoms with Crippen LogP contribution in [0.4, 0.5) is 5.69 Å². The summed E-state index contributed by atoms with van der Waals surface area (Å²) in [5, 5.41) is 0. The van der Waals surface area contributed by atoms with Crippen LogP contribution in [0.5, 0.6) is 0 Å². The van der Waals surface area contributed by atoms with Crippen molar-refractivity contribution in [3.05, 3.63) is 29.8 Å². The van der Waals surface area contributed by atoms with Crippen molar-refractivity contribution in [1.82, 2.24) is 0 Å². The molecule has 0 bridgehead atoms. The average Bonchev–Trinajstić information content (AvgIpc) is 2.42. The van der Waals surface area contributed by atoms with Crippen molar-refractivity contribution < 1.29 is 14.3 Å². The van der Waals surface area contributed by atoms with Crippen LogP contribution in [0, 0.1) is 0 Å². The Labute approximate surface area is 115 Å². The molecule has 0 aliphatic rings. The Bertz CT molecular complexity index is 391. The molecule has 0 saturated heterocycles. The molecule has 1 aromatic carbocycles. The quantitative estimate of drug-likeness (QED) is 0.535. The number of esters is 1. The normalized spacial score (nSPS) is 10.3. The third-order valence-corrected chi connectivity index (χ3v) is 2.70. The zero-order valence-electron chi connectivity index (χ0n) is 12.0. The molecule has 0 fully saturated rings. The SMILES string of the molecule is CCCCOCCOC(=O)c1cccc(N(C)C)c1. The highest BCUT2D eigenvalue weighted by atomic mass is 16.6. The van der Waals surface area contributed by atoms with Crippen molar-refractivity contribution >= 4 is 11.7 Å². The molecule has 0 N–H and O–H groups in total. The number of ether oxygens (including phenoxy) is 2. The van der Waals surface area contributed by atoms with E-state index in [1.807, 2.05) is 37.2 Å². The molecule has 106 valence electrons. The first-order valence-electron chi connectivity index (χ1n) is 6.67. The zero-order chi connectivity index (χ0) is 14.1. The first-order valence-corrected chi connectivity index (χ1v) is 6.67. The lowest BCUT2D eigenvalue weighted by Gasteiger charge is -2.13. The van der Waals surface area contributed by atoms with E-state index >= 15 is 0 Å². The minimum absolute atomic E-state index is 0.300. The fourth-order valence-corrected chi connectivity index (χ4v) is 1.54. The molecule has 0 spiro atoms. The molecule has 0 aliphatic carbocycles. The first-order chi connectivity index (χ1) is 9.15. The van der Waals surface area contributed by atoms with Gasteiger partial charge in [-0.15, -0.1) is 0 Å². The van der Waals surface area contributed by atoms with Crippen molar-refractivity contribution in [3.8, 4) is 0 Å². The third-order valence-electron chi connectivity index (χ3n) is 2.70. The average molecular weight is 265 g/mol. The Balaban J connectivity index is 2.35. The van der Waals surface area contributed by atoms with E-state index in [0.717, 1.165) is 25.1 Å². The van der Waals surface area contributed by atoms with Gasteiger partial charge in [-0.2, -0.15) is 0 Å². The highest BCUT2D eigenvalue weighted by Crippen LogP contribution is 2.14. The highest BCUT2D eigenvalue weighted by molar-refractivity contribution is 5.90. The van der Waals surface area contributed by atoms with Crippen LogP contribution in [-0.2, 0) is 9.47 Å². The van der Waals surface area contributed by atoms with Crippen molar-refractivity contribution in [2.75, 3.05) is 38.8 Å². The van der Waals surface area contributed by atoms with E-state index in [1.54, 1.807) is 6.07 Å². The second-order valence-electron chi connectivity index (χ2n) is 4.55. The lowest BCUT2D eigenvalue weighted by atomic mass is 10.2. The van der Waals surface area contributed by atoms with Crippen molar-refractivity contribution in [2.24, 2.45) is 0 Å². The molecule has 1 aromatic rings. The van der Waals surface area contributed by atoms with Crippen LogP contribution in [0.3, 0.4) is 0 Å². The summed E-state index contributed by atoms with van der Waals surface area (Å²) in [4.78, 5) is 13.8. The Morgan fingerprint density at radius 1 is 1.21 bits per heavy atom. The third kappa shape index (κ3) is 5.75. The molecule has 4 nitrogen and oxygen atoms in total. The summed E-state index contributed by atoms with van der Waals surface area (Å²) in [7, 11) is 3.87. The molecule has 1 rings (SSSR count). The molecule has 0 radical (unpaired) electrons. The number of anilines is 1. The molecule has 19 heavy (non-hydrogen) atoms. The first kappa shape index (κ1) is 15.5. The number of rotatable bonds is 8. The van der Waals surface area contributed by atoms with Crippen molar-refractivity contribution in [1.29, 1.82) is 0 Å². The van der Waals surface area contributed by atoms with Gasteiger partial charge in [0.05, 0.1) is 12.2 Å². The van der Waals surface area contributed by atoms with Gasteiger partial charge in [-0.1, -0.05) is 19.4 Å². The summed E-state index contributed by atoms with van der Waals surface area (Å²) in [6, 6.07) is 7.38. The maximum atomic E-state index is 11.8. The topological polar surface area (TPSA) is 38.8 Å². The maximum absolute atomic E-state index is 11.8. The molecule has 0 unspecified atom stereocenters. The number of nitrogens with zero attached hydrogens (tertiary/aromatic N) is 1. The molecule has 0 aromatic heterocycles. The summed E-state index contributed by atoms with van der Waals surface area (Å²) in [5.74, 6) is -0.303. The van der Waals surface area contributed by atoms with Gasteiger partial charge in [-0.3, -0.25) is 0 Å². The Hall–Kier alpha value is -1.55. The van der Waals surface area contributed by atoms with E-state index in [-0.39, 0.29) is 5.97 Å². The van der Waals surface area contributed by atoms with Crippen LogP contribution in [0.15, 0.2) is 24.3 Å². The van der Waals surface area contributed by atoms with E-state index in [9.17, 15) is 4.79 Å². The monoisotopic (exact) mass is 265 g/mol. The predicted molar refractivity (Wildman–Crippen MR) is 76.8 cm³/mol. The molecular formula is C15H23NO3. The number of carbonyl (C=O) groups excluding carboxylic acids is 1. The summed E-state index contributed by atoms with van der Waals surface area (Å²) in [6.07, 6.45) is 2.15. The van der Waals surface area contributed by atoms with E-state index in [0.29, 0.717) is 18.8 Å². The van der Waals surface area contributed by atoms with Gasteiger partial charge < -0.3 is 14.4 Å². The summed E-state index contributed by atoms with van der Waals surface area (Å²) < 4.78 is 10.5. The molecule has 0 saturated carbocycles. The minimum Gasteiger partial charge on any atom is -0.460 e. The number of benzene rings is 1. The second kappa shape index (κ2) is 8.53. The number of hydrogen-bond donors (Lipinski definition) is 0. The van der Waals surface area contributed by atoms with Crippen LogP contribution < -0.4 is 4.90 Å². The lowest BCUT2D eigenvalue weighted by molar-refractivity contribution is 0.0314. The smallest absolute Gasteiger partial charge is 0.338 e. The molecule has 0 amide bonds. The molecular weight excluding hydrogens is 242 g/mol. The fourth-order valence-electron chi connectivity index (χ4n) is 1.54. The second-order valence-corrected chi connectivity index (χ2v) is 4.55. The van der Waals surface area contributed by atoms with Crippen molar-refractivity contribution in [3.63, 3.8) is 0 Å². The van der Waals surface area contributed by atoms with Crippen LogP contribution in [0.1, 0.15) is 30.1 Å². The van der Waals surface area contributed by atoms with E-state index in [1.165, 1.54) is 0 Å². The van der Waals surface area contributed by atoms with Crippen LogP contribution in [-0.4, -0.2) is 39.9 Å². The number of hydrogen-bond acceptors (Lipinski definition) is 4. The Morgan fingerprint density at radius 2 is 2.00 bits per heavy atom. The van der Waals surface area contributed by atoms with E-state index in [4.69, 9.17) is 9.47 Å². The number of carbonyl (C=O) groups is 1. The van der Waals surface area contributed by atoms with Gasteiger partial charge in [-0.05, 0) is 24.6 Å². The van der Waals surface area contributed by atoms with Gasteiger partial charge >= 0.3 is 5.97 Å². The molecule has 0 heterocycles. The molecule has 0 atom stereocenters. The largest absolute Gasteiger partial charge is 0.460 e. The zero-order valence-corrected chi connectivity index (χ0v) is 12.0. The van der Waals surface area contributed by atoms with Crippen LogP contribution >= 0.6 is 0 Å². The van der Waals surface area contributed by atoms with Gasteiger partial charge in [0.2, 0.25) is 0 Å². The predicted octanol–water partition coefficient (Wildman–Crippen LogP) is 2.73. The van der Waals surface area contributed by atoms with Gasteiger partial charge in [-0.25, -0.2) is 4.79 Å². The summed E-state index contributed by atoms with van der Waals surface area (Å²) >= 11 is 0. The number of unbranched alkanes of at least 4 members (excludes halogenated alkanes) is 1. The van der Waals surface area contributed by atoms with Crippen LogP contribution in [0.25, 0.3) is 0 Å². The molecule has 4 heteroatoms. The Kier molecular flexibility index (Phi) is 6.97. The lowest BCUT2D eigenvalue weighted by Crippen LogP contribution is -2.13. The summed E-state index contributed by atoms with van der Waals surface area (Å²) in [6.45, 7) is 3.60. The molecule has 0 aliphatic heterocycles. The van der Waals surface area contributed by atoms with E-state index in [2.05, 4.69) is 6.92 Å². The Morgan fingerprint density at radius 3 is 2.68 bits per heavy atom. The van der Waals surface area contributed by atoms with Gasteiger partial charge in [0.1, 0.15) is 6.61 Å². The van der Waals surface area contributed by atoms with E-state index < -0.39 is 0 Å². The van der Waals surface area contributed by atoms with Gasteiger partial charge in [0.25, 0.3) is 0 Å². The van der Waals surface area contributed by atoms with Gasteiger partial charge in [0, 0.05) is 26.4 Å². The maximum Gasteiger partial charge on any atom is 0.338 e. The van der Waals surface area contributed by atoms with Crippen LogP contribution in [0.2, 0.25) is 0 Å². The highest BCUT2D eigenvalue weighted by Gasteiger charge is 2.08. The fraction of sp³-hybridized carbons (Fsp3) is 0.533.